The predicted octanol–water partition coefficient (Wildman–Crippen LogP) is 6.04. The van der Waals surface area contributed by atoms with Gasteiger partial charge >= 0.3 is 0 Å². The van der Waals surface area contributed by atoms with E-state index in [-0.39, 0.29) is 12.2 Å². The van der Waals surface area contributed by atoms with Gasteiger partial charge in [-0.3, -0.25) is 14.2 Å². The maximum atomic E-state index is 14.6. The fraction of sp³-hybridized carbons (Fsp3) is 0.143. The van der Waals surface area contributed by atoms with Crippen molar-refractivity contribution in [1.29, 1.82) is 0 Å². The van der Waals surface area contributed by atoms with Gasteiger partial charge in [-0.05, 0) is 41.8 Å². The Morgan fingerprint density at radius 3 is 2.87 bits per heavy atom. The predicted molar refractivity (Wildman–Crippen MR) is 145 cm³/mol. The number of amides is 1. The van der Waals surface area contributed by atoms with Crippen LogP contribution in [0.2, 0.25) is 0 Å². The fourth-order valence-electron chi connectivity index (χ4n) is 4.85. The molecule has 0 atom stereocenters. The van der Waals surface area contributed by atoms with Gasteiger partial charge in [-0.15, -0.1) is 11.3 Å². The molecule has 0 aliphatic carbocycles. The van der Waals surface area contributed by atoms with Gasteiger partial charge in [-0.1, -0.05) is 12.6 Å². The molecule has 38 heavy (non-hydrogen) atoms. The van der Waals surface area contributed by atoms with Crippen LogP contribution >= 0.6 is 11.3 Å². The number of carbonyl (C=O) groups is 1. The highest BCUT2D eigenvalue weighted by atomic mass is 32.1. The number of halogens is 2. The molecule has 0 radical (unpaired) electrons. The van der Waals surface area contributed by atoms with Gasteiger partial charge < -0.3 is 4.90 Å². The first-order chi connectivity index (χ1) is 18.5. The van der Waals surface area contributed by atoms with Gasteiger partial charge in [0.15, 0.2) is 0 Å². The summed E-state index contributed by atoms with van der Waals surface area (Å²) in [6.45, 7) is 4.99. The minimum absolute atomic E-state index is 0.145. The first-order valence-corrected chi connectivity index (χ1v) is 12.8. The molecule has 5 heterocycles. The Morgan fingerprint density at radius 2 is 2.05 bits per heavy atom. The van der Waals surface area contributed by atoms with E-state index in [0.29, 0.717) is 36.6 Å². The van der Waals surface area contributed by atoms with Crippen LogP contribution in [0.4, 0.5) is 8.78 Å². The van der Waals surface area contributed by atoms with Crippen LogP contribution in [0.25, 0.3) is 49.7 Å². The van der Waals surface area contributed by atoms with E-state index in [4.69, 9.17) is 10.1 Å². The normalized spacial score (nSPS) is 14.1. The van der Waals surface area contributed by atoms with Crippen molar-refractivity contribution >= 4 is 44.3 Å². The molecule has 6 rings (SSSR count). The van der Waals surface area contributed by atoms with Gasteiger partial charge in [0.1, 0.15) is 11.5 Å². The third kappa shape index (κ3) is 4.03. The number of rotatable bonds is 5. The molecule has 0 bridgehead atoms. The topological polar surface area (TPSA) is 68.8 Å². The van der Waals surface area contributed by atoms with Crippen molar-refractivity contribution in [3.8, 4) is 22.6 Å². The molecular formula is C28H22F2N6OS. The number of nitrogens with zero attached hydrogens (tertiary/aromatic N) is 6. The van der Waals surface area contributed by atoms with Crippen LogP contribution in [0.1, 0.15) is 11.3 Å². The number of allylic oxidation sites excluding steroid dienone is 2. The summed E-state index contributed by atoms with van der Waals surface area (Å²) in [5.41, 5.74) is 5.01. The SMILES string of the molecule is C=CC(=O)N1CCn2nc(-c3nc(-c4ccc5c(cnn5C)c4)c4sccc4c3C=C(F)/C=C/F)cc2C1. The van der Waals surface area contributed by atoms with Crippen LogP contribution in [0, 0.1) is 0 Å². The first-order valence-electron chi connectivity index (χ1n) is 11.9. The van der Waals surface area contributed by atoms with Gasteiger partial charge in [0.05, 0.1) is 52.9 Å². The molecule has 0 saturated heterocycles. The molecule has 190 valence electrons. The highest BCUT2D eigenvalue weighted by Gasteiger charge is 2.24. The smallest absolute Gasteiger partial charge is 0.246 e. The van der Waals surface area contributed by atoms with E-state index in [1.165, 1.54) is 23.5 Å². The van der Waals surface area contributed by atoms with Crippen molar-refractivity contribution in [1.82, 2.24) is 29.4 Å². The van der Waals surface area contributed by atoms with Gasteiger partial charge in [0, 0.05) is 41.6 Å². The number of aromatic nitrogens is 5. The Morgan fingerprint density at radius 1 is 1.18 bits per heavy atom. The zero-order chi connectivity index (χ0) is 26.4. The fourth-order valence-corrected chi connectivity index (χ4v) is 5.77. The lowest BCUT2D eigenvalue weighted by Crippen LogP contribution is -2.37. The van der Waals surface area contributed by atoms with Crippen molar-refractivity contribution in [3.63, 3.8) is 0 Å². The number of carbonyl (C=O) groups excluding carboxylic acids is 1. The molecule has 1 amide bonds. The van der Waals surface area contributed by atoms with Crippen LogP contribution in [0.3, 0.4) is 0 Å². The lowest BCUT2D eigenvalue weighted by atomic mass is 10.0. The summed E-state index contributed by atoms with van der Waals surface area (Å²) in [6, 6.07) is 9.81. The van der Waals surface area contributed by atoms with Gasteiger partial charge in [0.25, 0.3) is 0 Å². The number of hydrogen-bond acceptors (Lipinski definition) is 5. The molecule has 10 heteroatoms. The van der Waals surface area contributed by atoms with E-state index in [1.807, 2.05) is 52.1 Å². The molecule has 5 aromatic rings. The second-order valence-corrected chi connectivity index (χ2v) is 9.87. The monoisotopic (exact) mass is 528 g/mol. The Labute approximate surface area is 220 Å². The lowest BCUT2D eigenvalue weighted by Gasteiger charge is -2.26. The molecule has 1 aromatic carbocycles. The summed E-state index contributed by atoms with van der Waals surface area (Å²) in [6.07, 6.45) is 5.33. The molecule has 0 N–H and O–H groups in total. The molecule has 1 aliphatic heterocycles. The minimum atomic E-state index is -0.737. The number of fused-ring (bicyclic) bond motifs is 3. The maximum Gasteiger partial charge on any atom is 0.246 e. The van der Waals surface area contributed by atoms with Crippen molar-refractivity contribution in [2.45, 2.75) is 13.1 Å². The largest absolute Gasteiger partial charge is 0.331 e. The summed E-state index contributed by atoms with van der Waals surface area (Å²) in [7, 11) is 1.89. The molecule has 7 nitrogen and oxygen atoms in total. The van der Waals surface area contributed by atoms with Crippen molar-refractivity contribution in [3.05, 3.63) is 84.1 Å². The summed E-state index contributed by atoms with van der Waals surface area (Å²) in [5.74, 6) is -0.882. The van der Waals surface area contributed by atoms with Crippen LogP contribution in [-0.4, -0.2) is 41.9 Å². The van der Waals surface area contributed by atoms with Gasteiger partial charge in [0.2, 0.25) is 5.91 Å². The van der Waals surface area contributed by atoms with Crippen LogP contribution in [0.15, 0.2) is 72.8 Å². The zero-order valence-corrected chi connectivity index (χ0v) is 21.3. The van der Waals surface area contributed by atoms with E-state index in [1.54, 1.807) is 11.1 Å². The number of pyridine rings is 1. The van der Waals surface area contributed by atoms with Gasteiger partial charge in [-0.25, -0.2) is 13.8 Å². The number of aryl methyl sites for hydroxylation is 1. The Balaban J connectivity index is 1.56. The van der Waals surface area contributed by atoms with E-state index >= 15 is 0 Å². The van der Waals surface area contributed by atoms with Crippen LogP contribution in [-0.2, 0) is 24.9 Å². The highest BCUT2D eigenvalue weighted by Crippen LogP contribution is 2.40. The Bertz CT molecular complexity index is 1790. The first kappa shape index (κ1) is 23.9. The number of thiophene rings is 1. The second-order valence-electron chi connectivity index (χ2n) is 8.96. The Kier molecular flexibility index (Phi) is 5.96. The highest BCUT2D eigenvalue weighted by molar-refractivity contribution is 7.17. The van der Waals surface area contributed by atoms with E-state index in [0.717, 1.165) is 44.0 Å². The zero-order valence-electron chi connectivity index (χ0n) is 20.4. The molecular weight excluding hydrogens is 506 g/mol. The van der Waals surface area contributed by atoms with Crippen molar-refractivity contribution in [2.24, 2.45) is 7.05 Å². The molecule has 0 saturated carbocycles. The summed E-state index contributed by atoms with van der Waals surface area (Å²) < 4.78 is 32.0. The molecule has 0 fully saturated rings. The summed E-state index contributed by atoms with van der Waals surface area (Å²) in [5, 5.41) is 12.8. The van der Waals surface area contributed by atoms with Crippen molar-refractivity contribution in [2.75, 3.05) is 6.54 Å². The van der Waals surface area contributed by atoms with Gasteiger partial charge in [-0.2, -0.15) is 10.2 Å². The van der Waals surface area contributed by atoms with Crippen molar-refractivity contribution < 1.29 is 13.6 Å². The Hall–Kier alpha value is -4.44. The summed E-state index contributed by atoms with van der Waals surface area (Å²) >= 11 is 1.50. The summed E-state index contributed by atoms with van der Waals surface area (Å²) in [4.78, 5) is 18.9. The van der Waals surface area contributed by atoms with Crippen LogP contribution < -0.4 is 0 Å². The molecule has 4 aromatic heterocycles. The standard InChI is InChI=1S/C28H22F2N6OS/c1-3-25(37)35-9-10-36-20(16-35)14-23(33-36)27-22(13-19(30)6-8-29)21-7-11-38-28(21)26(32-27)17-4-5-24-18(12-17)15-31-34(24)2/h3-8,11-15H,1,9-10,16H2,2H3/b8-6+,19-13?. The third-order valence-electron chi connectivity index (χ3n) is 6.70. The maximum absolute atomic E-state index is 14.6. The number of hydrogen-bond donors (Lipinski definition) is 0. The van der Waals surface area contributed by atoms with Crippen LogP contribution in [0.5, 0.6) is 0 Å². The lowest BCUT2D eigenvalue weighted by molar-refractivity contribution is -0.127. The van der Waals surface area contributed by atoms with E-state index < -0.39 is 5.83 Å². The molecule has 0 spiro atoms. The second kappa shape index (κ2) is 9.46. The minimum Gasteiger partial charge on any atom is -0.331 e. The average molecular weight is 529 g/mol. The molecule has 0 unspecified atom stereocenters. The number of benzene rings is 1. The van der Waals surface area contributed by atoms with E-state index in [2.05, 4.69) is 11.7 Å². The third-order valence-corrected chi connectivity index (χ3v) is 7.62. The average Bonchev–Trinajstić information content (AvgIpc) is 3.66. The quantitative estimate of drug-likeness (QED) is 0.206. The van der Waals surface area contributed by atoms with E-state index in [9.17, 15) is 13.6 Å². The molecule has 1 aliphatic rings.